The van der Waals surface area contributed by atoms with Gasteiger partial charge in [0, 0.05) is 12.1 Å². The fourth-order valence-corrected chi connectivity index (χ4v) is 3.79. The van der Waals surface area contributed by atoms with Crippen LogP contribution >= 0.6 is 23.4 Å². The number of nitrogens with zero attached hydrogens (tertiary/aromatic N) is 2. The third kappa shape index (κ3) is 2.32. The largest absolute Gasteiger partial charge is 0.478 e. The zero-order chi connectivity index (χ0) is 13.4. The molecule has 4 nitrogen and oxygen atoms in total. The highest BCUT2D eigenvalue weighted by molar-refractivity contribution is 7.99. The summed E-state index contributed by atoms with van der Waals surface area (Å²) in [6, 6.07) is 3.28. The van der Waals surface area contributed by atoms with Gasteiger partial charge in [0.05, 0.1) is 11.1 Å². The van der Waals surface area contributed by atoms with Crippen LogP contribution < -0.4 is 0 Å². The summed E-state index contributed by atoms with van der Waals surface area (Å²) >= 11 is 8.09. The molecular weight excluding hydrogens is 284 g/mol. The van der Waals surface area contributed by atoms with E-state index in [0.717, 1.165) is 35.7 Å². The van der Waals surface area contributed by atoms with Crippen LogP contribution in [0.5, 0.6) is 0 Å². The second-order valence-corrected chi connectivity index (χ2v) is 6.21. The van der Waals surface area contributed by atoms with Crippen LogP contribution in [0.2, 0.25) is 5.15 Å². The van der Waals surface area contributed by atoms with Gasteiger partial charge in [0.15, 0.2) is 5.15 Å². The summed E-state index contributed by atoms with van der Waals surface area (Å²) in [4.78, 5) is 15.5. The van der Waals surface area contributed by atoms with Crippen LogP contribution in [0.3, 0.4) is 0 Å². The molecule has 0 bridgehead atoms. The number of carboxylic acid groups (broad SMARTS) is 1. The number of pyridine rings is 1. The van der Waals surface area contributed by atoms with Crippen LogP contribution in [0, 0.1) is 0 Å². The van der Waals surface area contributed by atoms with Gasteiger partial charge >= 0.3 is 5.97 Å². The summed E-state index contributed by atoms with van der Waals surface area (Å²) in [5.74, 6) is 2.57. The molecule has 0 aromatic carbocycles. The first kappa shape index (κ1) is 12.8. The minimum absolute atomic E-state index is 0.257. The number of imidazole rings is 1. The molecule has 1 aliphatic rings. The molecule has 0 amide bonds. The van der Waals surface area contributed by atoms with Crippen molar-refractivity contribution < 1.29 is 9.90 Å². The Kier molecular flexibility index (Phi) is 3.41. The van der Waals surface area contributed by atoms with Crippen molar-refractivity contribution in [3.05, 3.63) is 34.9 Å². The lowest BCUT2D eigenvalue weighted by Crippen LogP contribution is -2.11. The molecule has 6 heteroatoms. The van der Waals surface area contributed by atoms with Gasteiger partial charge in [-0.15, -0.1) is 0 Å². The molecule has 0 unspecified atom stereocenters. The van der Waals surface area contributed by atoms with Gasteiger partial charge in [0.2, 0.25) is 0 Å². The second kappa shape index (κ2) is 5.06. The zero-order valence-corrected chi connectivity index (χ0v) is 11.7. The lowest BCUT2D eigenvalue weighted by Gasteiger charge is -2.20. The third-order valence-electron chi connectivity index (χ3n) is 3.45. The minimum atomic E-state index is -0.933. The van der Waals surface area contributed by atoms with Crippen LogP contribution in [0.1, 0.15) is 34.9 Å². The summed E-state index contributed by atoms with van der Waals surface area (Å²) in [7, 11) is 0. The first-order valence-corrected chi connectivity index (χ1v) is 7.68. The molecule has 0 spiro atoms. The van der Waals surface area contributed by atoms with Gasteiger partial charge in [0.1, 0.15) is 5.82 Å². The Hall–Kier alpha value is -1.20. The van der Waals surface area contributed by atoms with Crippen molar-refractivity contribution in [3.63, 3.8) is 0 Å². The van der Waals surface area contributed by atoms with Gasteiger partial charge < -0.3 is 9.51 Å². The number of carboxylic acids is 1. The highest BCUT2D eigenvalue weighted by Gasteiger charge is 2.22. The maximum absolute atomic E-state index is 11.1. The Morgan fingerprint density at radius 2 is 2.16 bits per heavy atom. The van der Waals surface area contributed by atoms with E-state index in [9.17, 15) is 4.79 Å². The maximum atomic E-state index is 11.1. The van der Waals surface area contributed by atoms with Crippen molar-refractivity contribution in [2.24, 2.45) is 0 Å². The minimum Gasteiger partial charge on any atom is -0.478 e. The maximum Gasteiger partial charge on any atom is 0.337 e. The van der Waals surface area contributed by atoms with E-state index in [-0.39, 0.29) is 5.56 Å². The first-order chi connectivity index (χ1) is 9.16. The molecule has 0 aliphatic carbocycles. The van der Waals surface area contributed by atoms with E-state index in [4.69, 9.17) is 16.7 Å². The van der Waals surface area contributed by atoms with Gasteiger partial charge in [-0.3, -0.25) is 0 Å². The lowest BCUT2D eigenvalue weighted by molar-refractivity contribution is 0.0696. The molecule has 0 radical (unpaired) electrons. The van der Waals surface area contributed by atoms with Gasteiger partial charge in [-0.2, -0.15) is 11.8 Å². The van der Waals surface area contributed by atoms with Crippen LogP contribution in [0.4, 0.5) is 0 Å². The number of carbonyl (C=O) groups is 1. The van der Waals surface area contributed by atoms with Crippen LogP contribution in [-0.2, 0) is 0 Å². The Morgan fingerprint density at radius 1 is 1.42 bits per heavy atom. The predicted molar refractivity (Wildman–Crippen MR) is 76.5 cm³/mol. The number of aromatic carboxylic acids is 1. The van der Waals surface area contributed by atoms with Gasteiger partial charge in [-0.25, -0.2) is 9.78 Å². The van der Waals surface area contributed by atoms with Crippen molar-refractivity contribution in [1.29, 1.82) is 0 Å². The molecule has 1 fully saturated rings. The van der Waals surface area contributed by atoms with Crippen LogP contribution in [0.15, 0.2) is 18.3 Å². The number of thioether (sulfide) groups is 1. The number of halogens is 1. The number of hydrogen-bond acceptors (Lipinski definition) is 3. The molecular formula is C13H13ClN2O2S. The van der Waals surface area contributed by atoms with E-state index >= 15 is 0 Å². The van der Waals surface area contributed by atoms with E-state index < -0.39 is 5.97 Å². The third-order valence-corrected chi connectivity index (χ3v) is 4.78. The van der Waals surface area contributed by atoms with E-state index in [1.54, 1.807) is 18.3 Å². The molecule has 100 valence electrons. The van der Waals surface area contributed by atoms with Crippen LogP contribution in [0.25, 0.3) is 5.52 Å². The first-order valence-electron chi connectivity index (χ1n) is 6.15. The molecule has 1 aliphatic heterocycles. The Labute approximate surface area is 119 Å². The molecule has 19 heavy (non-hydrogen) atoms. The summed E-state index contributed by atoms with van der Waals surface area (Å²) in [6.45, 7) is 0. The van der Waals surface area contributed by atoms with E-state index in [2.05, 4.69) is 4.98 Å². The fourth-order valence-electron chi connectivity index (χ4n) is 2.44. The Balaban J connectivity index is 2.12. The molecule has 2 aromatic rings. The highest BCUT2D eigenvalue weighted by Crippen LogP contribution is 2.33. The second-order valence-electron chi connectivity index (χ2n) is 4.63. The Bertz CT molecular complexity index is 635. The lowest BCUT2D eigenvalue weighted by atomic mass is 10.0. The standard InChI is InChI=1S/C13H13ClN2O2S/c14-11-10-2-1-9(13(17)18)7-16(10)12(15-11)8-3-5-19-6-4-8/h1-2,7-8H,3-6H2,(H,17,18). The highest BCUT2D eigenvalue weighted by atomic mass is 35.5. The average Bonchev–Trinajstić information content (AvgIpc) is 2.77. The quantitative estimate of drug-likeness (QED) is 0.924. The topological polar surface area (TPSA) is 54.6 Å². The van der Waals surface area contributed by atoms with Crippen molar-refractivity contribution in [2.45, 2.75) is 18.8 Å². The van der Waals surface area contributed by atoms with Crippen molar-refractivity contribution in [2.75, 3.05) is 11.5 Å². The predicted octanol–water partition coefficient (Wildman–Crippen LogP) is 3.30. The molecule has 1 saturated heterocycles. The summed E-state index contributed by atoms with van der Waals surface area (Å²) < 4.78 is 1.84. The molecule has 3 rings (SSSR count). The fraction of sp³-hybridized carbons (Fsp3) is 0.385. The smallest absolute Gasteiger partial charge is 0.337 e. The van der Waals surface area contributed by atoms with Gasteiger partial charge in [-0.1, -0.05) is 11.6 Å². The van der Waals surface area contributed by atoms with E-state index in [1.165, 1.54) is 0 Å². The SMILES string of the molecule is O=C(O)c1ccc2c(Cl)nc(C3CCSCC3)n2c1. The average molecular weight is 297 g/mol. The van der Waals surface area contributed by atoms with Gasteiger partial charge in [-0.05, 0) is 36.5 Å². The normalized spacial score (nSPS) is 16.9. The summed E-state index contributed by atoms with van der Waals surface area (Å²) in [5, 5.41) is 9.53. The zero-order valence-electron chi connectivity index (χ0n) is 10.2. The molecule has 0 saturated carbocycles. The summed E-state index contributed by atoms with van der Waals surface area (Å²) in [6.07, 6.45) is 3.75. The molecule has 1 N–H and O–H groups in total. The molecule has 2 aromatic heterocycles. The number of aromatic nitrogens is 2. The van der Waals surface area contributed by atoms with Crippen molar-refractivity contribution in [1.82, 2.24) is 9.38 Å². The molecule has 3 heterocycles. The van der Waals surface area contributed by atoms with E-state index in [0.29, 0.717) is 11.1 Å². The number of hydrogen-bond donors (Lipinski definition) is 1. The van der Waals surface area contributed by atoms with Crippen molar-refractivity contribution in [3.8, 4) is 0 Å². The number of rotatable bonds is 2. The number of fused-ring (bicyclic) bond motifs is 1. The Morgan fingerprint density at radius 3 is 2.84 bits per heavy atom. The van der Waals surface area contributed by atoms with Crippen molar-refractivity contribution >= 4 is 34.8 Å². The van der Waals surface area contributed by atoms with Crippen LogP contribution in [-0.4, -0.2) is 32.0 Å². The monoisotopic (exact) mass is 296 g/mol. The summed E-state index contributed by atoms with van der Waals surface area (Å²) in [5.41, 5.74) is 1.04. The van der Waals surface area contributed by atoms with Gasteiger partial charge in [0.25, 0.3) is 0 Å². The molecule has 0 atom stereocenters. The van der Waals surface area contributed by atoms with E-state index in [1.807, 2.05) is 16.2 Å².